The number of nitrogens with one attached hydrogen (secondary N) is 2. The van der Waals surface area contributed by atoms with E-state index < -0.39 is 5.41 Å². The van der Waals surface area contributed by atoms with Gasteiger partial charge in [-0.05, 0) is 33.7 Å². The van der Waals surface area contributed by atoms with Crippen LogP contribution in [0.5, 0.6) is 0 Å². The highest BCUT2D eigenvalue weighted by Crippen LogP contribution is 2.14. The average Bonchev–Trinajstić information content (AvgIpc) is 2.50. The molecule has 1 aliphatic rings. The van der Waals surface area contributed by atoms with Gasteiger partial charge in [-0.15, -0.1) is 5.48 Å². The molecule has 1 atom stereocenters. The van der Waals surface area contributed by atoms with E-state index in [1.165, 1.54) is 0 Å². The Hall–Kier alpha value is -0.610. The third-order valence-electron chi connectivity index (χ3n) is 1.99. The first-order valence-electron chi connectivity index (χ1n) is 4.67. The van der Waals surface area contributed by atoms with Gasteiger partial charge in [0, 0.05) is 6.54 Å². The highest BCUT2D eigenvalue weighted by atomic mass is 16.7. The molecule has 0 unspecified atom stereocenters. The molecule has 0 aromatic heterocycles. The third-order valence-corrected chi connectivity index (χ3v) is 1.99. The molecular weight excluding hydrogens is 168 g/mol. The molecule has 0 spiro atoms. The van der Waals surface area contributed by atoms with E-state index in [0.717, 1.165) is 19.5 Å². The van der Waals surface area contributed by atoms with Crippen molar-refractivity contribution in [2.45, 2.75) is 33.2 Å². The maximum Gasteiger partial charge on any atom is 0.329 e. The third kappa shape index (κ3) is 3.32. The SMILES string of the molecule is CC(C)(C)C(=O)ON[C@H]1CCNC1. The average molecular weight is 186 g/mol. The lowest BCUT2D eigenvalue weighted by Gasteiger charge is -2.18. The van der Waals surface area contributed by atoms with Crippen LogP contribution < -0.4 is 10.8 Å². The fourth-order valence-corrected chi connectivity index (χ4v) is 1.05. The summed E-state index contributed by atoms with van der Waals surface area (Å²) in [5.74, 6) is -0.209. The normalized spacial score (nSPS) is 23.2. The Kier molecular flexibility index (Phi) is 3.27. The number of hydroxylamine groups is 1. The predicted octanol–water partition coefficient (Wildman–Crippen LogP) is 0.442. The van der Waals surface area contributed by atoms with E-state index in [9.17, 15) is 4.79 Å². The van der Waals surface area contributed by atoms with Crippen molar-refractivity contribution in [3.05, 3.63) is 0 Å². The van der Waals surface area contributed by atoms with E-state index in [0.29, 0.717) is 0 Å². The highest BCUT2D eigenvalue weighted by Gasteiger charge is 2.25. The van der Waals surface area contributed by atoms with Crippen LogP contribution in [0.3, 0.4) is 0 Å². The van der Waals surface area contributed by atoms with Crippen LogP contribution in [0, 0.1) is 5.41 Å². The molecule has 4 nitrogen and oxygen atoms in total. The summed E-state index contributed by atoms with van der Waals surface area (Å²) in [7, 11) is 0. The van der Waals surface area contributed by atoms with Crippen LogP contribution in [0.25, 0.3) is 0 Å². The van der Waals surface area contributed by atoms with Crippen molar-refractivity contribution in [3.63, 3.8) is 0 Å². The van der Waals surface area contributed by atoms with Crippen LogP contribution in [-0.2, 0) is 9.63 Å². The molecule has 0 aromatic rings. The van der Waals surface area contributed by atoms with E-state index in [1.807, 2.05) is 20.8 Å². The molecule has 0 aromatic carbocycles. The molecule has 0 amide bonds. The first-order valence-corrected chi connectivity index (χ1v) is 4.67. The summed E-state index contributed by atoms with van der Waals surface area (Å²) < 4.78 is 0. The maximum absolute atomic E-state index is 11.3. The summed E-state index contributed by atoms with van der Waals surface area (Å²) in [6.45, 7) is 7.37. The molecule has 1 saturated heterocycles. The van der Waals surface area contributed by atoms with Crippen LogP contribution >= 0.6 is 0 Å². The second kappa shape index (κ2) is 4.07. The maximum atomic E-state index is 11.3. The number of hydrogen-bond donors (Lipinski definition) is 2. The Morgan fingerprint density at radius 2 is 2.23 bits per heavy atom. The molecule has 0 aliphatic carbocycles. The fraction of sp³-hybridized carbons (Fsp3) is 0.889. The molecular formula is C9H18N2O2. The number of carbonyl (C=O) groups excluding carboxylic acids is 1. The Balaban J connectivity index is 2.22. The second-order valence-corrected chi connectivity index (χ2v) is 4.45. The molecule has 1 rings (SSSR count). The zero-order valence-electron chi connectivity index (χ0n) is 8.52. The Morgan fingerprint density at radius 3 is 2.69 bits per heavy atom. The molecule has 1 heterocycles. The summed E-state index contributed by atoms with van der Waals surface area (Å²) in [6, 6.07) is 0.270. The van der Waals surface area contributed by atoms with Gasteiger partial charge < -0.3 is 10.2 Å². The molecule has 1 fully saturated rings. The van der Waals surface area contributed by atoms with Crippen LogP contribution in [0.2, 0.25) is 0 Å². The molecule has 4 heteroatoms. The lowest BCUT2D eigenvalue weighted by molar-refractivity contribution is -0.162. The van der Waals surface area contributed by atoms with Gasteiger partial charge >= 0.3 is 5.97 Å². The summed E-state index contributed by atoms with van der Waals surface area (Å²) >= 11 is 0. The monoisotopic (exact) mass is 186 g/mol. The van der Waals surface area contributed by atoms with Gasteiger partial charge in [-0.1, -0.05) is 0 Å². The van der Waals surface area contributed by atoms with Gasteiger partial charge in [0.2, 0.25) is 0 Å². The Morgan fingerprint density at radius 1 is 1.54 bits per heavy atom. The van der Waals surface area contributed by atoms with Crippen LogP contribution in [0.4, 0.5) is 0 Å². The van der Waals surface area contributed by atoms with E-state index in [1.54, 1.807) is 0 Å². The van der Waals surface area contributed by atoms with E-state index in [-0.39, 0.29) is 12.0 Å². The van der Waals surface area contributed by atoms with Crippen molar-refractivity contribution in [1.29, 1.82) is 0 Å². The van der Waals surface area contributed by atoms with Crippen LogP contribution in [0.1, 0.15) is 27.2 Å². The van der Waals surface area contributed by atoms with Crippen molar-refractivity contribution >= 4 is 5.97 Å². The molecule has 13 heavy (non-hydrogen) atoms. The molecule has 2 N–H and O–H groups in total. The van der Waals surface area contributed by atoms with Gasteiger partial charge in [0.1, 0.15) is 0 Å². The molecule has 1 aliphatic heterocycles. The highest BCUT2D eigenvalue weighted by molar-refractivity contribution is 5.75. The van der Waals surface area contributed by atoms with Gasteiger partial charge in [0.25, 0.3) is 0 Å². The minimum absolute atomic E-state index is 0.209. The van der Waals surface area contributed by atoms with E-state index in [2.05, 4.69) is 10.8 Å². The number of carbonyl (C=O) groups is 1. The Labute approximate surface area is 79.0 Å². The van der Waals surface area contributed by atoms with E-state index >= 15 is 0 Å². The minimum Gasteiger partial charge on any atom is -0.370 e. The van der Waals surface area contributed by atoms with Crippen molar-refractivity contribution in [1.82, 2.24) is 10.8 Å². The largest absolute Gasteiger partial charge is 0.370 e. The van der Waals surface area contributed by atoms with Gasteiger partial charge in [0.05, 0.1) is 11.5 Å². The number of rotatable bonds is 2. The zero-order chi connectivity index (χ0) is 9.90. The quantitative estimate of drug-likeness (QED) is 0.614. The standard InChI is InChI=1S/C9H18N2O2/c1-9(2,3)8(12)13-11-7-4-5-10-6-7/h7,10-11H,4-6H2,1-3H3/t7-/m0/s1. The van der Waals surface area contributed by atoms with Crippen molar-refractivity contribution in [3.8, 4) is 0 Å². The summed E-state index contributed by atoms with van der Waals surface area (Å²) in [5.41, 5.74) is 2.34. The topological polar surface area (TPSA) is 50.4 Å². The molecule has 0 bridgehead atoms. The van der Waals surface area contributed by atoms with Crippen molar-refractivity contribution in [2.24, 2.45) is 5.41 Å². The van der Waals surface area contributed by atoms with Gasteiger partial charge in [-0.25, -0.2) is 4.79 Å². The van der Waals surface area contributed by atoms with Crippen LogP contribution in [-0.4, -0.2) is 25.1 Å². The lowest BCUT2D eigenvalue weighted by atomic mass is 9.98. The first-order chi connectivity index (χ1) is 6.00. The molecule has 0 saturated carbocycles. The lowest BCUT2D eigenvalue weighted by Crippen LogP contribution is -2.37. The van der Waals surface area contributed by atoms with Crippen LogP contribution in [0.15, 0.2) is 0 Å². The van der Waals surface area contributed by atoms with Gasteiger partial charge in [-0.3, -0.25) is 0 Å². The Bertz CT molecular complexity index is 181. The number of hydrogen-bond acceptors (Lipinski definition) is 4. The predicted molar refractivity (Wildman–Crippen MR) is 50.0 cm³/mol. The van der Waals surface area contributed by atoms with Crippen molar-refractivity contribution in [2.75, 3.05) is 13.1 Å². The van der Waals surface area contributed by atoms with Gasteiger partial charge in [-0.2, -0.15) is 0 Å². The smallest absolute Gasteiger partial charge is 0.329 e. The minimum atomic E-state index is -0.432. The summed E-state index contributed by atoms with van der Waals surface area (Å²) in [6.07, 6.45) is 1.01. The molecule has 0 radical (unpaired) electrons. The fourth-order valence-electron chi connectivity index (χ4n) is 1.05. The first kappa shape index (κ1) is 10.5. The van der Waals surface area contributed by atoms with E-state index in [4.69, 9.17) is 4.84 Å². The summed E-state index contributed by atoms with van der Waals surface area (Å²) in [4.78, 5) is 16.3. The zero-order valence-corrected chi connectivity index (χ0v) is 8.52. The molecule has 76 valence electrons. The second-order valence-electron chi connectivity index (χ2n) is 4.45. The van der Waals surface area contributed by atoms with Crippen molar-refractivity contribution < 1.29 is 9.63 Å². The van der Waals surface area contributed by atoms with Gasteiger partial charge in [0.15, 0.2) is 0 Å². The summed E-state index contributed by atoms with van der Waals surface area (Å²) in [5, 5.41) is 3.18.